The Morgan fingerprint density at radius 2 is 1.86 bits per heavy atom. The SMILES string of the molecule is CCc1ccc(N(CC(C)C)S(=O)(=O)c2ccc3c(c2)C(O)CCN3CC2(F)CCOCC2)cc1. The number of benzene rings is 2. The lowest BCUT2D eigenvalue weighted by atomic mass is 9.92. The lowest BCUT2D eigenvalue weighted by Crippen LogP contribution is -2.46. The molecule has 1 N–H and O–H groups in total. The molecular formula is C27H37FN2O4S. The molecule has 2 aromatic rings. The molecule has 2 heterocycles. The summed E-state index contributed by atoms with van der Waals surface area (Å²) in [5, 5.41) is 10.7. The molecule has 192 valence electrons. The van der Waals surface area contributed by atoms with Gasteiger partial charge in [-0.2, -0.15) is 0 Å². The van der Waals surface area contributed by atoms with E-state index < -0.39 is 21.8 Å². The number of fused-ring (bicyclic) bond motifs is 1. The molecule has 0 amide bonds. The van der Waals surface area contributed by atoms with E-state index in [1.54, 1.807) is 18.2 Å². The van der Waals surface area contributed by atoms with Gasteiger partial charge in [-0.3, -0.25) is 4.31 Å². The number of alkyl halides is 1. The zero-order chi connectivity index (χ0) is 25.2. The van der Waals surface area contributed by atoms with Crippen LogP contribution < -0.4 is 9.21 Å². The molecule has 0 aromatic heterocycles. The van der Waals surface area contributed by atoms with E-state index in [4.69, 9.17) is 4.74 Å². The van der Waals surface area contributed by atoms with Crippen LogP contribution in [0.25, 0.3) is 0 Å². The number of nitrogens with zero attached hydrogens (tertiary/aromatic N) is 2. The van der Waals surface area contributed by atoms with Gasteiger partial charge in [-0.25, -0.2) is 12.8 Å². The summed E-state index contributed by atoms with van der Waals surface area (Å²) in [5.74, 6) is 0.120. The zero-order valence-corrected chi connectivity index (χ0v) is 21.7. The van der Waals surface area contributed by atoms with Crippen molar-refractivity contribution in [1.29, 1.82) is 0 Å². The Labute approximate surface area is 208 Å². The summed E-state index contributed by atoms with van der Waals surface area (Å²) < 4.78 is 49.8. The van der Waals surface area contributed by atoms with E-state index in [1.165, 1.54) is 4.31 Å². The molecule has 0 saturated carbocycles. The fourth-order valence-electron chi connectivity index (χ4n) is 4.90. The van der Waals surface area contributed by atoms with Crippen LogP contribution in [0.3, 0.4) is 0 Å². The number of aryl methyl sites for hydroxylation is 1. The highest BCUT2D eigenvalue weighted by atomic mass is 32.2. The monoisotopic (exact) mass is 504 g/mol. The molecule has 1 saturated heterocycles. The van der Waals surface area contributed by atoms with Crippen LogP contribution in [0.4, 0.5) is 15.8 Å². The number of rotatable bonds is 8. The standard InChI is InChI=1S/C27H37FN2O4S/c1-4-21-5-7-22(8-6-21)30(18-20(2)3)35(32,33)23-9-10-25-24(17-23)26(31)11-14-29(25)19-27(28)12-15-34-16-13-27/h5-10,17,20,26,31H,4,11-16,18-19H2,1-3H3. The van der Waals surface area contributed by atoms with Crippen molar-refractivity contribution in [3.05, 3.63) is 53.6 Å². The number of aliphatic hydroxyl groups is 1. The van der Waals surface area contributed by atoms with Gasteiger partial charge < -0.3 is 14.7 Å². The highest BCUT2D eigenvalue weighted by Gasteiger charge is 2.37. The number of ether oxygens (including phenoxy) is 1. The fourth-order valence-corrected chi connectivity index (χ4v) is 6.57. The third-order valence-corrected chi connectivity index (χ3v) is 8.78. The van der Waals surface area contributed by atoms with Gasteiger partial charge >= 0.3 is 0 Å². The molecule has 35 heavy (non-hydrogen) atoms. The summed E-state index contributed by atoms with van der Waals surface area (Å²) in [7, 11) is -3.87. The van der Waals surface area contributed by atoms with E-state index in [-0.39, 0.29) is 17.4 Å². The highest BCUT2D eigenvalue weighted by molar-refractivity contribution is 7.92. The highest BCUT2D eigenvalue weighted by Crippen LogP contribution is 2.39. The van der Waals surface area contributed by atoms with Gasteiger partial charge in [-0.05, 0) is 54.7 Å². The normalized spacial score (nSPS) is 20.1. The Balaban J connectivity index is 1.67. The van der Waals surface area contributed by atoms with Gasteiger partial charge in [0, 0.05) is 50.4 Å². The van der Waals surface area contributed by atoms with Crippen molar-refractivity contribution in [3.8, 4) is 0 Å². The van der Waals surface area contributed by atoms with Crippen molar-refractivity contribution < 1.29 is 22.7 Å². The predicted molar refractivity (Wildman–Crippen MR) is 137 cm³/mol. The predicted octanol–water partition coefficient (Wildman–Crippen LogP) is 4.86. The summed E-state index contributed by atoms with van der Waals surface area (Å²) in [5.41, 5.74) is 1.66. The van der Waals surface area contributed by atoms with E-state index in [0.29, 0.717) is 62.5 Å². The van der Waals surface area contributed by atoms with Gasteiger partial charge in [-0.1, -0.05) is 32.9 Å². The molecule has 2 aromatic carbocycles. The summed E-state index contributed by atoms with van der Waals surface area (Å²) in [6, 6.07) is 12.5. The molecule has 0 aliphatic carbocycles. The molecule has 1 unspecified atom stereocenters. The smallest absolute Gasteiger partial charge is 0.264 e. The second-order valence-electron chi connectivity index (χ2n) is 10.2. The first-order valence-corrected chi connectivity index (χ1v) is 14.0. The van der Waals surface area contributed by atoms with E-state index in [2.05, 4.69) is 6.92 Å². The topological polar surface area (TPSA) is 70.1 Å². The third kappa shape index (κ3) is 5.65. The van der Waals surface area contributed by atoms with Crippen molar-refractivity contribution in [1.82, 2.24) is 0 Å². The van der Waals surface area contributed by atoms with E-state index in [0.717, 1.165) is 12.0 Å². The van der Waals surface area contributed by atoms with Gasteiger partial charge in [0.15, 0.2) is 0 Å². The van der Waals surface area contributed by atoms with Crippen LogP contribution in [0.2, 0.25) is 0 Å². The Morgan fingerprint density at radius 1 is 1.17 bits per heavy atom. The van der Waals surface area contributed by atoms with Crippen LogP contribution in [-0.2, 0) is 21.2 Å². The van der Waals surface area contributed by atoms with Crippen LogP contribution in [0.5, 0.6) is 0 Å². The minimum Gasteiger partial charge on any atom is -0.388 e. The van der Waals surface area contributed by atoms with Crippen LogP contribution in [-0.4, -0.2) is 52.0 Å². The number of hydrogen-bond acceptors (Lipinski definition) is 5. The summed E-state index contributed by atoms with van der Waals surface area (Å²) in [4.78, 5) is 2.08. The quantitative estimate of drug-likeness (QED) is 0.556. The van der Waals surface area contributed by atoms with Gasteiger partial charge in [-0.15, -0.1) is 0 Å². The molecular weight excluding hydrogens is 467 g/mol. The van der Waals surface area contributed by atoms with Crippen LogP contribution in [0.15, 0.2) is 47.4 Å². The average molecular weight is 505 g/mol. The fraction of sp³-hybridized carbons (Fsp3) is 0.556. The number of halogens is 1. The third-order valence-electron chi connectivity index (χ3n) is 6.99. The number of aliphatic hydroxyl groups excluding tert-OH is 1. The van der Waals surface area contributed by atoms with Gasteiger partial charge in [0.05, 0.1) is 23.2 Å². The number of sulfonamides is 1. The first-order chi connectivity index (χ1) is 16.6. The van der Waals surface area contributed by atoms with Crippen LogP contribution in [0, 0.1) is 5.92 Å². The van der Waals surface area contributed by atoms with Gasteiger partial charge in [0.1, 0.15) is 5.67 Å². The summed E-state index contributed by atoms with van der Waals surface area (Å²) in [6.45, 7) is 7.92. The molecule has 4 rings (SSSR count). The Kier molecular flexibility index (Phi) is 7.74. The van der Waals surface area contributed by atoms with Crippen molar-refractivity contribution in [2.75, 3.05) is 42.1 Å². The van der Waals surface area contributed by atoms with Crippen molar-refractivity contribution in [2.45, 2.75) is 63.1 Å². The number of anilines is 2. The average Bonchev–Trinajstić information content (AvgIpc) is 2.84. The van der Waals surface area contributed by atoms with E-state index in [1.807, 2.05) is 43.0 Å². The van der Waals surface area contributed by atoms with Crippen molar-refractivity contribution in [2.24, 2.45) is 5.92 Å². The van der Waals surface area contributed by atoms with Crippen molar-refractivity contribution in [3.63, 3.8) is 0 Å². The minimum absolute atomic E-state index is 0.120. The number of hydrogen-bond donors (Lipinski definition) is 1. The maximum absolute atomic E-state index is 15.4. The first kappa shape index (κ1) is 25.9. The Morgan fingerprint density at radius 3 is 2.49 bits per heavy atom. The van der Waals surface area contributed by atoms with Gasteiger partial charge in [0.2, 0.25) is 0 Å². The molecule has 2 aliphatic heterocycles. The zero-order valence-electron chi connectivity index (χ0n) is 20.9. The van der Waals surface area contributed by atoms with E-state index in [9.17, 15) is 13.5 Å². The Bertz CT molecular complexity index is 1110. The van der Waals surface area contributed by atoms with Crippen LogP contribution in [0.1, 0.15) is 57.3 Å². The second-order valence-corrected chi connectivity index (χ2v) is 12.0. The molecule has 1 fully saturated rings. The van der Waals surface area contributed by atoms with Crippen molar-refractivity contribution >= 4 is 21.4 Å². The molecule has 8 heteroatoms. The summed E-state index contributed by atoms with van der Waals surface area (Å²) in [6.07, 6.45) is 1.20. The molecule has 0 spiro atoms. The Hall–Kier alpha value is -2.16. The molecule has 0 radical (unpaired) electrons. The molecule has 6 nitrogen and oxygen atoms in total. The lowest BCUT2D eigenvalue weighted by molar-refractivity contribution is -0.00493. The maximum Gasteiger partial charge on any atom is 0.264 e. The first-order valence-electron chi connectivity index (χ1n) is 12.6. The lowest BCUT2D eigenvalue weighted by Gasteiger charge is -2.40. The maximum atomic E-state index is 15.4. The molecule has 2 aliphatic rings. The molecule has 0 bridgehead atoms. The largest absolute Gasteiger partial charge is 0.388 e. The van der Waals surface area contributed by atoms with E-state index >= 15 is 4.39 Å². The molecule has 1 atom stereocenters. The van der Waals surface area contributed by atoms with Gasteiger partial charge in [0.25, 0.3) is 10.0 Å². The van der Waals surface area contributed by atoms with Crippen LogP contribution >= 0.6 is 0 Å². The summed E-state index contributed by atoms with van der Waals surface area (Å²) >= 11 is 0. The minimum atomic E-state index is -3.87. The second kappa shape index (κ2) is 10.4.